The summed E-state index contributed by atoms with van der Waals surface area (Å²) in [4.78, 5) is 0. The van der Waals surface area contributed by atoms with E-state index in [1.165, 1.54) is 35.6 Å². The topological polar surface area (TPSA) is 0 Å². The highest BCUT2D eigenvalue weighted by molar-refractivity contribution is 5.86. The summed E-state index contributed by atoms with van der Waals surface area (Å²) in [7, 11) is 0. The minimum Gasteiger partial charge on any atom is -0.0802 e. The van der Waals surface area contributed by atoms with E-state index in [9.17, 15) is 0 Å². The van der Waals surface area contributed by atoms with Crippen LogP contribution in [0.25, 0.3) is 16.8 Å². The maximum absolute atomic E-state index is 2.44. The summed E-state index contributed by atoms with van der Waals surface area (Å²) in [6, 6.07) is 13.5. The van der Waals surface area contributed by atoms with E-state index < -0.39 is 0 Å². The van der Waals surface area contributed by atoms with Gasteiger partial charge in [-0.1, -0.05) is 48.9 Å². The zero-order valence-electron chi connectivity index (χ0n) is 9.89. The third-order valence-electron chi connectivity index (χ3n) is 4.44. The molecular weight excluding hydrogens is 204 g/mol. The van der Waals surface area contributed by atoms with E-state index in [1.807, 2.05) is 0 Å². The van der Waals surface area contributed by atoms with E-state index in [1.54, 1.807) is 5.56 Å². The molecule has 0 amide bonds. The molecule has 2 aliphatic carbocycles. The van der Waals surface area contributed by atoms with Crippen LogP contribution in [0.5, 0.6) is 0 Å². The molecule has 0 saturated heterocycles. The molecular formula is C17H16. The molecule has 1 saturated carbocycles. The first-order chi connectivity index (χ1) is 8.42. The average Bonchev–Trinajstić information content (AvgIpc) is 2.85. The fourth-order valence-electron chi connectivity index (χ4n) is 3.57. The van der Waals surface area contributed by atoms with Gasteiger partial charge in [-0.3, -0.25) is 0 Å². The van der Waals surface area contributed by atoms with Crippen molar-refractivity contribution < 1.29 is 0 Å². The van der Waals surface area contributed by atoms with Gasteiger partial charge in [-0.25, -0.2) is 0 Å². The molecule has 0 bridgehead atoms. The van der Waals surface area contributed by atoms with Gasteiger partial charge in [0, 0.05) is 0 Å². The number of rotatable bonds is 0. The van der Waals surface area contributed by atoms with Gasteiger partial charge in [-0.15, -0.1) is 0 Å². The zero-order chi connectivity index (χ0) is 11.2. The standard InChI is InChI=1S/C17H16/c1-2-5-14-11-17-15(10-13(14)4-1)9-8-12-6-3-7-16(12)17/h1-2,4-5,8-12,16H,3,6-7H2. The minimum atomic E-state index is 0.791. The van der Waals surface area contributed by atoms with Crippen molar-refractivity contribution in [1.29, 1.82) is 0 Å². The lowest BCUT2D eigenvalue weighted by Crippen LogP contribution is -2.09. The molecule has 0 aromatic heterocycles. The Morgan fingerprint density at radius 1 is 0.941 bits per heavy atom. The molecule has 0 heterocycles. The molecule has 2 unspecified atom stereocenters. The van der Waals surface area contributed by atoms with Crippen LogP contribution in [0.3, 0.4) is 0 Å². The van der Waals surface area contributed by atoms with Gasteiger partial charge in [0.1, 0.15) is 0 Å². The Kier molecular flexibility index (Phi) is 1.93. The van der Waals surface area contributed by atoms with Crippen molar-refractivity contribution >= 4 is 16.8 Å². The van der Waals surface area contributed by atoms with Gasteiger partial charge in [0.2, 0.25) is 0 Å². The van der Waals surface area contributed by atoms with E-state index >= 15 is 0 Å². The minimum absolute atomic E-state index is 0.791. The maximum atomic E-state index is 2.44. The Morgan fingerprint density at radius 3 is 2.65 bits per heavy atom. The summed E-state index contributed by atoms with van der Waals surface area (Å²) < 4.78 is 0. The summed E-state index contributed by atoms with van der Waals surface area (Å²) in [6.07, 6.45) is 8.93. The van der Waals surface area contributed by atoms with Gasteiger partial charge in [0.25, 0.3) is 0 Å². The second kappa shape index (κ2) is 3.46. The van der Waals surface area contributed by atoms with Crippen LogP contribution >= 0.6 is 0 Å². The Bertz CT molecular complexity index is 606. The van der Waals surface area contributed by atoms with E-state index in [4.69, 9.17) is 0 Å². The lowest BCUT2D eigenvalue weighted by atomic mass is 9.80. The lowest BCUT2D eigenvalue weighted by molar-refractivity contribution is 0.586. The summed E-state index contributed by atoms with van der Waals surface area (Å²) in [5.74, 6) is 1.60. The van der Waals surface area contributed by atoms with Crippen molar-refractivity contribution in [1.82, 2.24) is 0 Å². The average molecular weight is 220 g/mol. The van der Waals surface area contributed by atoms with Crippen LogP contribution in [-0.4, -0.2) is 0 Å². The number of fused-ring (bicyclic) bond motifs is 4. The van der Waals surface area contributed by atoms with Crippen LogP contribution in [0.2, 0.25) is 0 Å². The first-order valence-corrected chi connectivity index (χ1v) is 6.63. The van der Waals surface area contributed by atoms with Crippen LogP contribution in [0.1, 0.15) is 36.3 Å². The second-order valence-electron chi connectivity index (χ2n) is 5.39. The summed E-state index contributed by atoms with van der Waals surface area (Å²) >= 11 is 0. The van der Waals surface area contributed by atoms with Crippen molar-refractivity contribution in [3.63, 3.8) is 0 Å². The molecule has 0 N–H and O–H groups in total. The third-order valence-corrected chi connectivity index (χ3v) is 4.44. The highest BCUT2D eigenvalue weighted by atomic mass is 14.3. The molecule has 0 spiro atoms. The summed E-state index contributed by atoms with van der Waals surface area (Å²) in [6.45, 7) is 0. The van der Waals surface area contributed by atoms with Crippen LogP contribution in [0.4, 0.5) is 0 Å². The van der Waals surface area contributed by atoms with E-state index in [0.29, 0.717) is 0 Å². The van der Waals surface area contributed by atoms with Gasteiger partial charge in [0.05, 0.1) is 0 Å². The lowest BCUT2D eigenvalue weighted by Gasteiger charge is -2.24. The van der Waals surface area contributed by atoms with E-state index in [2.05, 4.69) is 48.6 Å². The molecule has 17 heavy (non-hydrogen) atoms. The van der Waals surface area contributed by atoms with Gasteiger partial charge < -0.3 is 0 Å². The first-order valence-electron chi connectivity index (χ1n) is 6.63. The fraction of sp³-hybridized carbons (Fsp3) is 0.294. The Morgan fingerprint density at radius 2 is 1.76 bits per heavy atom. The molecule has 2 aliphatic rings. The molecule has 0 heteroatoms. The van der Waals surface area contributed by atoms with Crippen molar-refractivity contribution in [2.75, 3.05) is 0 Å². The maximum Gasteiger partial charge on any atom is -0.00927 e. The predicted octanol–water partition coefficient (Wildman–Crippen LogP) is 4.75. The number of hydrogen-bond donors (Lipinski definition) is 0. The highest BCUT2D eigenvalue weighted by Gasteiger charge is 2.30. The summed E-state index contributed by atoms with van der Waals surface area (Å²) in [5.41, 5.74) is 3.04. The second-order valence-corrected chi connectivity index (χ2v) is 5.39. The SMILES string of the molecule is C1=CC2CCCC2c2cc3ccccc3cc21. The number of benzene rings is 2. The highest BCUT2D eigenvalue weighted by Crippen LogP contribution is 2.45. The molecule has 0 radical (unpaired) electrons. The molecule has 2 aromatic carbocycles. The monoisotopic (exact) mass is 220 g/mol. The third kappa shape index (κ3) is 1.37. The van der Waals surface area contributed by atoms with Gasteiger partial charge in [-0.2, -0.15) is 0 Å². The van der Waals surface area contributed by atoms with E-state index in [0.717, 1.165) is 11.8 Å². The Labute approximate surface area is 102 Å². The molecule has 2 aromatic rings. The molecule has 1 fully saturated rings. The van der Waals surface area contributed by atoms with Crippen molar-refractivity contribution in [3.05, 3.63) is 53.6 Å². The van der Waals surface area contributed by atoms with Crippen LogP contribution < -0.4 is 0 Å². The fourth-order valence-corrected chi connectivity index (χ4v) is 3.57. The van der Waals surface area contributed by atoms with Gasteiger partial charge >= 0.3 is 0 Å². The van der Waals surface area contributed by atoms with Crippen molar-refractivity contribution in [2.24, 2.45) is 5.92 Å². The first kappa shape index (κ1) is 9.47. The molecule has 4 rings (SSSR count). The van der Waals surface area contributed by atoms with E-state index in [-0.39, 0.29) is 0 Å². The van der Waals surface area contributed by atoms with Crippen LogP contribution in [0.15, 0.2) is 42.5 Å². The summed E-state index contributed by atoms with van der Waals surface area (Å²) in [5, 5.41) is 2.76. The van der Waals surface area contributed by atoms with Crippen molar-refractivity contribution in [3.8, 4) is 0 Å². The Hall–Kier alpha value is -1.56. The number of hydrogen-bond acceptors (Lipinski definition) is 0. The molecule has 0 nitrogen and oxygen atoms in total. The largest absolute Gasteiger partial charge is 0.0802 e. The molecule has 2 atom stereocenters. The Balaban J connectivity index is 1.98. The molecule has 0 aliphatic heterocycles. The normalized spacial score (nSPS) is 25.9. The van der Waals surface area contributed by atoms with Crippen LogP contribution in [-0.2, 0) is 0 Å². The number of allylic oxidation sites excluding steroid dienone is 1. The van der Waals surface area contributed by atoms with Gasteiger partial charge in [0.15, 0.2) is 0 Å². The van der Waals surface area contributed by atoms with Gasteiger partial charge in [-0.05, 0) is 52.6 Å². The molecule has 84 valence electrons. The quantitative estimate of drug-likeness (QED) is 0.601. The zero-order valence-corrected chi connectivity index (χ0v) is 9.89. The van der Waals surface area contributed by atoms with Crippen molar-refractivity contribution in [2.45, 2.75) is 25.2 Å². The smallest absolute Gasteiger partial charge is 0.00927 e. The predicted molar refractivity (Wildman–Crippen MR) is 73.1 cm³/mol. The van der Waals surface area contributed by atoms with Crippen LogP contribution in [0, 0.1) is 5.92 Å².